The Labute approximate surface area is 185 Å². The maximum atomic E-state index is 13.5. The van der Waals surface area contributed by atoms with E-state index in [0.717, 1.165) is 6.42 Å². The molecule has 1 unspecified atom stereocenters. The summed E-state index contributed by atoms with van der Waals surface area (Å²) in [5.74, 6) is -0.965. The van der Waals surface area contributed by atoms with Gasteiger partial charge < -0.3 is 10.1 Å². The summed E-state index contributed by atoms with van der Waals surface area (Å²) in [6.45, 7) is 1.17. The number of ether oxygens (including phenoxy) is 1. The number of halogens is 1. The fourth-order valence-electron chi connectivity index (χ4n) is 3.84. The van der Waals surface area contributed by atoms with Crippen molar-refractivity contribution >= 4 is 32.7 Å². The summed E-state index contributed by atoms with van der Waals surface area (Å²) in [4.78, 5) is 13.0. The molecule has 2 aromatic carbocycles. The second-order valence-electron chi connectivity index (χ2n) is 7.58. The van der Waals surface area contributed by atoms with Crippen molar-refractivity contribution in [3.63, 3.8) is 0 Å². The third kappa shape index (κ3) is 4.50. The summed E-state index contributed by atoms with van der Waals surface area (Å²) in [5, 5.41) is 10.8. The smallest absolute Gasteiger partial charge is 0.243 e. The lowest BCUT2D eigenvalue weighted by Gasteiger charge is -2.33. The summed E-state index contributed by atoms with van der Waals surface area (Å²) < 4.78 is 48.3. The highest BCUT2D eigenvalue weighted by atomic mass is 32.2. The molecule has 0 radical (unpaired) electrons. The van der Waals surface area contributed by atoms with Gasteiger partial charge >= 0.3 is 0 Å². The van der Waals surface area contributed by atoms with Crippen LogP contribution in [0.5, 0.6) is 0 Å². The maximum absolute atomic E-state index is 13.5. The van der Waals surface area contributed by atoms with E-state index in [1.807, 2.05) is 0 Å². The van der Waals surface area contributed by atoms with Gasteiger partial charge in [0.15, 0.2) is 0 Å². The van der Waals surface area contributed by atoms with Crippen molar-refractivity contribution in [2.75, 3.05) is 25.6 Å². The minimum absolute atomic E-state index is 0.0502. The fourth-order valence-corrected chi connectivity index (χ4v) is 5.51. The van der Waals surface area contributed by atoms with E-state index in [1.54, 1.807) is 23.9 Å². The lowest BCUT2D eigenvalue weighted by atomic mass is 10.0. The molecule has 4 rings (SSSR count). The van der Waals surface area contributed by atoms with Gasteiger partial charge in [-0.1, -0.05) is 17.7 Å². The summed E-state index contributed by atoms with van der Waals surface area (Å²) in [7, 11) is -2.37. The van der Waals surface area contributed by atoms with Crippen LogP contribution in [0.15, 0.2) is 47.4 Å². The molecule has 0 aliphatic carbocycles. The highest BCUT2D eigenvalue weighted by Gasteiger charge is 2.38. The fraction of sp³-hybridized carbons (Fsp3) is 0.381. The Balaban J connectivity index is 1.60. The Morgan fingerprint density at radius 3 is 2.88 bits per heavy atom. The number of carbonyl (C=O) groups excluding carboxylic acids is 1. The van der Waals surface area contributed by atoms with Crippen molar-refractivity contribution < 1.29 is 22.3 Å². The van der Waals surface area contributed by atoms with Crippen LogP contribution in [0.1, 0.15) is 19.3 Å². The van der Waals surface area contributed by atoms with Gasteiger partial charge in [0.05, 0.1) is 23.6 Å². The van der Waals surface area contributed by atoms with E-state index in [0.29, 0.717) is 37.0 Å². The number of amides is 1. The second kappa shape index (κ2) is 9.31. The molecule has 1 aliphatic heterocycles. The molecular weight excluding hydrogens is 437 g/mol. The molecule has 170 valence electrons. The predicted octanol–water partition coefficient (Wildman–Crippen LogP) is 2.40. The zero-order valence-electron chi connectivity index (χ0n) is 17.6. The van der Waals surface area contributed by atoms with E-state index in [1.165, 1.54) is 34.6 Å². The van der Waals surface area contributed by atoms with Crippen LogP contribution in [-0.2, 0) is 26.1 Å². The maximum Gasteiger partial charge on any atom is 0.243 e. The molecule has 2 heterocycles. The number of benzene rings is 2. The Bertz CT molecular complexity index is 1230. The molecule has 9 nitrogen and oxygen atoms in total. The number of hydrogen-bond donors (Lipinski definition) is 1. The number of carbonyl (C=O) groups is 1. The van der Waals surface area contributed by atoms with Crippen LogP contribution in [0.2, 0.25) is 0 Å². The van der Waals surface area contributed by atoms with Crippen molar-refractivity contribution in [1.29, 1.82) is 0 Å². The largest absolute Gasteiger partial charge is 0.383 e. The number of fused-ring (bicyclic) bond motifs is 1. The molecule has 1 atom stereocenters. The molecule has 0 spiro atoms. The number of piperidine rings is 1. The van der Waals surface area contributed by atoms with Crippen LogP contribution >= 0.6 is 0 Å². The van der Waals surface area contributed by atoms with Gasteiger partial charge in [-0.05, 0) is 49.2 Å². The lowest BCUT2D eigenvalue weighted by Crippen LogP contribution is -2.49. The van der Waals surface area contributed by atoms with Gasteiger partial charge in [-0.3, -0.25) is 4.79 Å². The molecule has 3 aromatic rings. The van der Waals surface area contributed by atoms with E-state index in [4.69, 9.17) is 4.74 Å². The quantitative estimate of drug-likeness (QED) is 0.579. The second-order valence-corrected chi connectivity index (χ2v) is 9.47. The van der Waals surface area contributed by atoms with Crippen molar-refractivity contribution in [2.24, 2.45) is 0 Å². The first kappa shape index (κ1) is 22.3. The first-order chi connectivity index (χ1) is 15.4. The molecule has 1 fully saturated rings. The van der Waals surface area contributed by atoms with E-state index in [2.05, 4.69) is 15.6 Å². The minimum atomic E-state index is -3.96. The van der Waals surface area contributed by atoms with E-state index in [9.17, 15) is 17.6 Å². The molecule has 1 saturated heterocycles. The van der Waals surface area contributed by atoms with Gasteiger partial charge in [0, 0.05) is 19.3 Å². The Kier molecular flexibility index (Phi) is 6.49. The summed E-state index contributed by atoms with van der Waals surface area (Å²) >= 11 is 0. The Morgan fingerprint density at radius 2 is 2.09 bits per heavy atom. The highest BCUT2D eigenvalue weighted by Crippen LogP contribution is 2.28. The molecule has 1 amide bonds. The number of rotatable bonds is 7. The Hall–Kier alpha value is -2.89. The molecule has 11 heteroatoms. The standard InChI is InChI=1S/C21H24FN5O4S/c1-31-12-11-26-19-9-8-17(14-18(19)24-25-26)32(29,30)27-10-3-2-7-20(27)21(28)23-16-6-4-5-15(22)13-16/h4-6,8-9,13-14,20H,2-3,7,10-12H2,1H3,(H,23,28). The zero-order valence-corrected chi connectivity index (χ0v) is 18.4. The average Bonchev–Trinajstić information content (AvgIpc) is 3.20. The predicted molar refractivity (Wildman–Crippen MR) is 116 cm³/mol. The van der Waals surface area contributed by atoms with E-state index in [-0.39, 0.29) is 17.1 Å². The van der Waals surface area contributed by atoms with Crippen LogP contribution in [0.3, 0.4) is 0 Å². The monoisotopic (exact) mass is 461 g/mol. The van der Waals surface area contributed by atoms with Crippen molar-refractivity contribution in [1.82, 2.24) is 19.3 Å². The number of hydrogen-bond acceptors (Lipinski definition) is 6. The van der Waals surface area contributed by atoms with E-state index < -0.39 is 27.8 Å². The topological polar surface area (TPSA) is 106 Å². The number of aromatic nitrogens is 3. The van der Waals surface area contributed by atoms with Crippen molar-refractivity contribution in [3.8, 4) is 0 Å². The van der Waals surface area contributed by atoms with Crippen LogP contribution in [0.25, 0.3) is 11.0 Å². The number of anilines is 1. The summed E-state index contributed by atoms with van der Waals surface area (Å²) in [6, 6.07) is 9.25. The molecule has 0 saturated carbocycles. The van der Waals surface area contributed by atoms with Crippen LogP contribution in [0.4, 0.5) is 10.1 Å². The molecular formula is C21H24FN5O4S. The molecule has 1 aliphatic rings. The van der Waals surface area contributed by atoms with Crippen LogP contribution in [-0.4, -0.2) is 59.9 Å². The van der Waals surface area contributed by atoms with Crippen LogP contribution in [0, 0.1) is 5.82 Å². The molecule has 0 bridgehead atoms. The van der Waals surface area contributed by atoms with Gasteiger partial charge in [0.1, 0.15) is 17.4 Å². The zero-order chi connectivity index (χ0) is 22.7. The molecule has 32 heavy (non-hydrogen) atoms. The molecule has 1 N–H and O–H groups in total. The number of nitrogens with zero attached hydrogens (tertiary/aromatic N) is 4. The van der Waals surface area contributed by atoms with Gasteiger partial charge in [-0.25, -0.2) is 17.5 Å². The third-order valence-electron chi connectivity index (χ3n) is 5.45. The third-order valence-corrected chi connectivity index (χ3v) is 7.35. The SMILES string of the molecule is COCCn1nnc2cc(S(=O)(=O)N3CCCCC3C(=O)Nc3cccc(F)c3)ccc21. The first-order valence-electron chi connectivity index (χ1n) is 10.3. The first-order valence-corrected chi connectivity index (χ1v) is 11.7. The van der Waals surface area contributed by atoms with Gasteiger partial charge in [-0.2, -0.15) is 4.31 Å². The highest BCUT2D eigenvalue weighted by molar-refractivity contribution is 7.89. The van der Waals surface area contributed by atoms with Gasteiger partial charge in [0.2, 0.25) is 15.9 Å². The minimum Gasteiger partial charge on any atom is -0.383 e. The number of methoxy groups -OCH3 is 1. The van der Waals surface area contributed by atoms with E-state index >= 15 is 0 Å². The Morgan fingerprint density at radius 1 is 1.25 bits per heavy atom. The summed E-state index contributed by atoms with van der Waals surface area (Å²) in [6.07, 6.45) is 1.76. The summed E-state index contributed by atoms with van der Waals surface area (Å²) in [5.41, 5.74) is 1.42. The average molecular weight is 462 g/mol. The number of sulfonamides is 1. The normalized spacial score (nSPS) is 17.5. The van der Waals surface area contributed by atoms with Crippen molar-refractivity contribution in [2.45, 2.75) is 36.7 Å². The van der Waals surface area contributed by atoms with Gasteiger partial charge in [0.25, 0.3) is 0 Å². The van der Waals surface area contributed by atoms with Crippen molar-refractivity contribution in [3.05, 3.63) is 48.3 Å². The number of nitrogens with one attached hydrogen (secondary N) is 1. The lowest BCUT2D eigenvalue weighted by molar-refractivity contribution is -0.120. The van der Waals surface area contributed by atoms with Gasteiger partial charge in [-0.15, -0.1) is 5.10 Å². The molecule has 1 aromatic heterocycles. The van der Waals surface area contributed by atoms with Crippen LogP contribution < -0.4 is 5.32 Å².